The van der Waals surface area contributed by atoms with Crippen LogP contribution in [0.25, 0.3) is 0 Å². The zero-order valence-electron chi connectivity index (χ0n) is 18.9. The van der Waals surface area contributed by atoms with Crippen molar-refractivity contribution in [3.05, 3.63) is 87.9 Å². The number of hydrazone groups is 1. The van der Waals surface area contributed by atoms with Crippen molar-refractivity contribution in [2.24, 2.45) is 5.10 Å². The van der Waals surface area contributed by atoms with Gasteiger partial charge in [0.1, 0.15) is 5.75 Å². The second-order valence-electron chi connectivity index (χ2n) is 7.01. The van der Waals surface area contributed by atoms with Crippen LogP contribution in [0.2, 0.25) is 0 Å². The van der Waals surface area contributed by atoms with Gasteiger partial charge in [-0.25, -0.2) is 10.2 Å². The molecule has 3 aromatic rings. The van der Waals surface area contributed by atoms with E-state index in [-0.39, 0.29) is 6.54 Å². The van der Waals surface area contributed by atoms with Crippen LogP contribution in [-0.2, 0) is 4.79 Å². The summed E-state index contributed by atoms with van der Waals surface area (Å²) in [6.45, 7) is -0.269. The van der Waals surface area contributed by atoms with Gasteiger partial charge in [0.15, 0.2) is 11.5 Å². The SMILES string of the molecule is COc1ccc(C(=O)NCC(=O)N/N=C\c2ccc(OC(=O)c3cccc(Br)c3)cc2)cc1OC. The van der Waals surface area contributed by atoms with Crippen molar-refractivity contribution in [3.8, 4) is 17.2 Å². The molecular weight excluding hydrogens is 518 g/mol. The summed E-state index contributed by atoms with van der Waals surface area (Å²) in [6.07, 6.45) is 1.42. The Kier molecular flexibility index (Phi) is 8.96. The van der Waals surface area contributed by atoms with E-state index in [4.69, 9.17) is 14.2 Å². The minimum Gasteiger partial charge on any atom is -0.493 e. The van der Waals surface area contributed by atoms with Crippen molar-refractivity contribution in [2.75, 3.05) is 20.8 Å². The standard InChI is InChI=1S/C25H22BrN3O6/c1-33-21-11-8-17(13-22(21)34-2)24(31)27-15-23(30)29-28-14-16-6-9-20(10-7-16)35-25(32)18-4-3-5-19(26)12-18/h3-14H,15H2,1-2H3,(H,27,31)(H,29,30)/b28-14-. The second kappa shape index (κ2) is 12.3. The summed E-state index contributed by atoms with van der Waals surface area (Å²) in [6, 6.07) is 18.2. The molecular formula is C25H22BrN3O6. The zero-order chi connectivity index (χ0) is 25.2. The lowest BCUT2D eigenvalue weighted by atomic mass is 10.2. The van der Waals surface area contributed by atoms with E-state index in [1.807, 2.05) is 6.07 Å². The quantitative estimate of drug-likeness (QED) is 0.186. The molecule has 0 aliphatic rings. The normalized spacial score (nSPS) is 10.5. The smallest absolute Gasteiger partial charge is 0.343 e. The Hall–Kier alpha value is -4.18. The van der Waals surface area contributed by atoms with E-state index in [0.717, 1.165) is 4.47 Å². The summed E-state index contributed by atoms with van der Waals surface area (Å²) < 4.78 is 16.4. The first kappa shape index (κ1) is 25.4. The van der Waals surface area contributed by atoms with Crippen LogP contribution >= 0.6 is 15.9 Å². The fraction of sp³-hybridized carbons (Fsp3) is 0.120. The van der Waals surface area contributed by atoms with Gasteiger partial charge in [0.25, 0.3) is 11.8 Å². The third-order valence-corrected chi connectivity index (χ3v) is 5.10. The van der Waals surface area contributed by atoms with Gasteiger partial charge >= 0.3 is 5.97 Å². The Balaban J connectivity index is 1.46. The van der Waals surface area contributed by atoms with E-state index in [0.29, 0.717) is 33.9 Å². The molecule has 2 N–H and O–H groups in total. The first-order chi connectivity index (χ1) is 16.9. The number of amides is 2. The number of methoxy groups -OCH3 is 2. The number of carbonyl (C=O) groups is 3. The summed E-state index contributed by atoms with van der Waals surface area (Å²) in [5, 5.41) is 6.37. The van der Waals surface area contributed by atoms with Crippen LogP contribution in [0.4, 0.5) is 0 Å². The van der Waals surface area contributed by atoms with Gasteiger partial charge in [0.05, 0.1) is 32.5 Å². The lowest BCUT2D eigenvalue weighted by Crippen LogP contribution is -2.34. The number of benzene rings is 3. The van der Waals surface area contributed by atoms with E-state index in [2.05, 4.69) is 31.8 Å². The van der Waals surface area contributed by atoms with Crippen LogP contribution in [0.15, 0.2) is 76.3 Å². The predicted octanol–water partition coefficient (Wildman–Crippen LogP) is 3.57. The molecule has 180 valence electrons. The average Bonchev–Trinajstić information content (AvgIpc) is 2.87. The molecule has 0 unspecified atom stereocenters. The molecule has 0 aliphatic carbocycles. The molecule has 3 aromatic carbocycles. The number of rotatable bonds is 9. The predicted molar refractivity (Wildman–Crippen MR) is 133 cm³/mol. The van der Waals surface area contributed by atoms with Crippen molar-refractivity contribution >= 4 is 39.9 Å². The number of nitrogens with zero attached hydrogens (tertiary/aromatic N) is 1. The number of carbonyl (C=O) groups excluding carboxylic acids is 3. The largest absolute Gasteiger partial charge is 0.493 e. The highest BCUT2D eigenvalue weighted by Gasteiger charge is 2.12. The summed E-state index contributed by atoms with van der Waals surface area (Å²) in [7, 11) is 2.96. The van der Waals surface area contributed by atoms with Gasteiger partial charge < -0.3 is 19.5 Å². The molecule has 35 heavy (non-hydrogen) atoms. The number of halogens is 1. The lowest BCUT2D eigenvalue weighted by Gasteiger charge is -2.09. The maximum absolute atomic E-state index is 12.3. The van der Waals surface area contributed by atoms with E-state index >= 15 is 0 Å². The fourth-order valence-electron chi connectivity index (χ4n) is 2.86. The first-order valence-corrected chi connectivity index (χ1v) is 11.1. The molecule has 0 spiro atoms. The third kappa shape index (κ3) is 7.41. The molecule has 0 radical (unpaired) electrons. The summed E-state index contributed by atoms with van der Waals surface area (Å²) in [5.74, 6) is -0.160. The molecule has 9 nitrogen and oxygen atoms in total. The molecule has 0 saturated carbocycles. The van der Waals surface area contributed by atoms with Crippen molar-refractivity contribution in [3.63, 3.8) is 0 Å². The molecule has 0 atom stereocenters. The van der Waals surface area contributed by atoms with Crippen molar-refractivity contribution in [1.29, 1.82) is 0 Å². The summed E-state index contributed by atoms with van der Waals surface area (Å²) in [5.41, 5.74) is 3.74. The maximum Gasteiger partial charge on any atom is 0.343 e. The monoisotopic (exact) mass is 539 g/mol. The fourth-order valence-corrected chi connectivity index (χ4v) is 3.26. The molecule has 0 bridgehead atoms. The van der Waals surface area contributed by atoms with Crippen LogP contribution in [0, 0.1) is 0 Å². The maximum atomic E-state index is 12.3. The van der Waals surface area contributed by atoms with Crippen molar-refractivity contribution < 1.29 is 28.6 Å². The molecule has 10 heteroatoms. The van der Waals surface area contributed by atoms with Crippen molar-refractivity contribution in [1.82, 2.24) is 10.7 Å². The Bertz CT molecular complexity index is 1240. The Morgan fingerprint density at radius 2 is 1.66 bits per heavy atom. The number of esters is 1. The van der Waals surface area contributed by atoms with Gasteiger partial charge in [0.2, 0.25) is 0 Å². The topological polar surface area (TPSA) is 115 Å². The summed E-state index contributed by atoms with van der Waals surface area (Å²) in [4.78, 5) is 36.4. The van der Waals surface area contributed by atoms with Gasteiger partial charge in [-0.05, 0) is 66.2 Å². The molecule has 0 saturated heterocycles. The van der Waals surface area contributed by atoms with Crippen LogP contribution in [0.5, 0.6) is 17.2 Å². The molecule has 0 fully saturated rings. The lowest BCUT2D eigenvalue weighted by molar-refractivity contribution is -0.120. The van der Waals surface area contributed by atoms with Crippen molar-refractivity contribution in [2.45, 2.75) is 0 Å². The van der Waals surface area contributed by atoms with E-state index in [1.165, 1.54) is 26.5 Å². The van der Waals surface area contributed by atoms with Crippen LogP contribution in [0.3, 0.4) is 0 Å². The number of ether oxygens (including phenoxy) is 3. The highest BCUT2D eigenvalue weighted by molar-refractivity contribution is 9.10. The number of hydrogen-bond donors (Lipinski definition) is 2. The van der Waals surface area contributed by atoms with E-state index < -0.39 is 17.8 Å². The molecule has 0 aliphatic heterocycles. The average molecular weight is 540 g/mol. The molecule has 0 aromatic heterocycles. The molecule has 2 amide bonds. The molecule has 0 heterocycles. The minimum atomic E-state index is -0.505. The van der Waals surface area contributed by atoms with Gasteiger partial charge in [-0.15, -0.1) is 0 Å². The minimum absolute atomic E-state index is 0.269. The van der Waals surface area contributed by atoms with Crippen LogP contribution in [0.1, 0.15) is 26.3 Å². The van der Waals surface area contributed by atoms with Gasteiger partial charge in [-0.2, -0.15) is 5.10 Å². The summed E-state index contributed by atoms with van der Waals surface area (Å²) >= 11 is 3.32. The van der Waals surface area contributed by atoms with Gasteiger partial charge in [-0.3, -0.25) is 9.59 Å². The Labute approximate surface area is 210 Å². The highest BCUT2D eigenvalue weighted by atomic mass is 79.9. The number of nitrogens with one attached hydrogen (secondary N) is 2. The van der Waals surface area contributed by atoms with E-state index in [9.17, 15) is 14.4 Å². The Morgan fingerprint density at radius 1 is 0.914 bits per heavy atom. The van der Waals surface area contributed by atoms with E-state index in [1.54, 1.807) is 54.6 Å². The van der Waals surface area contributed by atoms with Gasteiger partial charge in [-0.1, -0.05) is 22.0 Å². The highest BCUT2D eigenvalue weighted by Crippen LogP contribution is 2.27. The zero-order valence-corrected chi connectivity index (χ0v) is 20.5. The van der Waals surface area contributed by atoms with Crippen LogP contribution in [-0.4, -0.2) is 44.8 Å². The Morgan fingerprint density at radius 3 is 2.34 bits per heavy atom. The second-order valence-corrected chi connectivity index (χ2v) is 7.93. The first-order valence-electron chi connectivity index (χ1n) is 10.3. The van der Waals surface area contributed by atoms with Crippen LogP contribution < -0.4 is 25.0 Å². The molecule has 3 rings (SSSR count). The number of hydrogen-bond acceptors (Lipinski definition) is 7. The van der Waals surface area contributed by atoms with Gasteiger partial charge in [0, 0.05) is 10.0 Å². The third-order valence-electron chi connectivity index (χ3n) is 4.61.